The number of para-hydroxylation sites is 3. The fraction of sp³-hybridized carbons (Fsp3) is 0. The Kier molecular flexibility index (Phi) is 5.78. The quantitative estimate of drug-likeness (QED) is 0.184. The van der Waals surface area contributed by atoms with E-state index in [1.54, 1.807) is 11.3 Å². The molecule has 0 aliphatic rings. The van der Waals surface area contributed by atoms with E-state index in [1.807, 2.05) is 11.3 Å². The van der Waals surface area contributed by atoms with Gasteiger partial charge in [-0.25, -0.2) is 9.97 Å². The molecule has 7 aromatic carbocycles. The van der Waals surface area contributed by atoms with Gasteiger partial charge in [-0.05, 0) is 48.5 Å². The van der Waals surface area contributed by atoms with Crippen LogP contribution in [0.5, 0.6) is 0 Å². The highest BCUT2D eigenvalue weighted by Gasteiger charge is 2.23. The van der Waals surface area contributed by atoms with Gasteiger partial charge in [0, 0.05) is 63.7 Å². The van der Waals surface area contributed by atoms with Crippen LogP contribution >= 0.6 is 22.7 Å². The Morgan fingerprint density at radius 3 is 1.85 bits per heavy atom. The highest BCUT2D eigenvalue weighted by Crippen LogP contribution is 2.45. The number of hydrogen-bond donors (Lipinski definition) is 0. The lowest BCUT2D eigenvalue weighted by Gasteiger charge is -2.11. The monoisotopic (exact) mass is 698 g/mol. The molecule has 0 unspecified atom stereocenters. The van der Waals surface area contributed by atoms with Crippen LogP contribution in [-0.4, -0.2) is 19.1 Å². The molecular formula is C46H26N4S2. The Hall–Kier alpha value is -6.34. The number of nitrogens with zero attached hydrogens (tertiary/aromatic N) is 4. The third kappa shape index (κ3) is 3.85. The van der Waals surface area contributed by atoms with Gasteiger partial charge in [0.15, 0.2) is 0 Å². The van der Waals surface area contributed by atoms with Gasteiger partial charge in [-0.15, -0.1) is 22.7 Å². The molecule has 5 aromatic heterocycles. The molecule has 0 aliphatic heterocycles. The molecule has 0 bridgehead atoms. The van der Waals surface area contributed by atoms with Gasteiger partial charge in [0.05, 0.1) is 32.5 Å². The average Bonchev–Trinajstić information content (AvgIpc) is 3.95. The van der Waals surface area contributed by atoms with E-state index in [9.17, 15) is 0 Å². The summed E-state index contributed by atoms with van der Waals surface area (Å²) in [7, 11) is 0. The standard InChI is InChI=1S/C46H26N4S2/c1-2-12-28(13-3-1)49-36-18-8-5-15-30(36)35-26-27(22-25-38(35)49)42-41-34-17-7-11-21-40(34)52-45(41)48-46(47-42)50-37-19-9-4-14-29(37)32-23-24-33-31-16-6-10-20-39(31)51-44(33)43(32)50/h1-26H. The second kappa shape index (κ2) is 10.6. The first kappa shape index (κ1) is 28.4. The summed E-state index contributed by atoms with van der Waals surface area (Å²) in [5.41, 5.74) is 7.80. The second-order valence-electron chi connectivity index (χ2n) is 13.4. The predicted octanol–water partition coefficient (Wildman–Crippen LogP) is 13.1. The zero-order valence-electron chi connectivity index (χ0n) is 27.6. The minimum absolute atomic E-state index is 0.692. The van der Waals surface area contributed by atoms with Gasteiger partial charge in [-0.3, -0.25) is 4.57 Å². The summed E-state index contributed by atoms with van der Waals surface area (Å²) in [5, 5.41) is 9.67. The van der Waals surface area contributed by atoms with E-state index in [0.717, 1.165) is 38.2 Å². The zero-order valence-corrected chi connectivity index (χ0v) is 29.2. The smallest absolute Gasteiger partial charge is 0.236 e. The molecule has 0 saturated carbocycles. The lowest BCUT2D eigenvalue weighted by molar-refractivity contribution is 1.02. The maximum atomic E-state index is 5.61. The molecule has 0 amide bonds. The summed E-state index contributed by atoms with van der Waals surface area (Å²) in [6, 6.07) is 56.8. The molecule has 5 heterocycles. The molecule has 0 spiro atoms. The van der Waals surface area contributed by atoms with E-state index in [-0.39, 0.29) is 0 Å². The maximum absolute atomic E-state index is 5.61. The SMILES string of the molecule is c1ccc(-n2c3ccccc3c3cc(-c4nc(-n5c6ccccc6c6ccc7c8ccccc8sc7c65)nc5sc6ccccc6c45)ccc32)cc1. The zero-order chi connectivity index (χ0) is 33.9. The van der Waals surface area contributed by atoms with Gasteiger partial charge in [-0.2, -0.15) is 0 Å². The summed E-state index contributed by atoms with van der Waals surface area (Å²) < 4.78 is 8.43. The molecule has 52 heavy (non-hydrogen) atoms. The third-order valence-corrected chi connectivity index (χ3v) is 12.8. The van der Waals surface area contributed by atoms with Crippen molar-refractivity contribution in [3.05, 3.63) is 158 Å². The van der Waals surface area contributed by atoms with E-state index in [0.29, 0.717) is 5.95 Å². The predicted molar refractivity (Wildman–Crippen MR) is 222 cm³/mol. The first-order valence-electron chi connectivity index (χ1n) is 17.4. The molecule has 0 fully saturated rings. The third-order valence-electron chi connectivity index (χ3n) is 10.6. The summed E-state index contributed by atoms with van der Waals surface area (Å²) in [5.74, 6) is 0.692. The van der Waals surface area contributed by atoms with Crippen LogP contribution in [0.15, 0.2) is 158 Å². The van der Waals surface area contributed by atoms with Crippen LogP contribution in [0.3, 0.4) is 0 Å². The minimum Gasteiger partial charge on any atom is -0.309 e. The molecule has 0 N–H and O–H groups in total. The largest absolute Gasteiger partial charge is 0.309 e. The summed E-state index contributed by atoms with van der Waals surface area (Å²) in [6.45, 7) is 0. The van der Waals surface area contributed by atoms with Crippen molar-refractivity contribution < 1.29 is 0 Å². The Labute approximate surface area is 305 Å². The van der Waals surface area contributed by atoms with Crippen LogP contribution in [-0.2, 0) is 0 Å². The van der Waals surface area contributed by atoms with E-state index >= 15 is 0 Å². The number of aromatic nitrogens is 4. The first-order valence-corrected chi connectivity index (χ1v) is 19.1. The average molecular weight is 699 g/mol. The molecule has 12 rings (SSSR count). The van der Waals surface area contributed by atoms with Gasteiger partial charge in [0.2, 0.25) is 5.95 Å². The number of rotatable bonds is 3. The normalized spacial score (nSPS) is 12.2. The van der Waals surface area contributed by atoms with Crippen molar-refractivity contribution in [2.45, 2.75) is 0 Å². The van der Waals surface area contributed by atoms with Gasteiger partial charge in [0.1, 0.15) is 4.83 Å². The molecule has 0 saturated heterocycles. The molecule has 6 heteroatoms. The molecule has 0 atom stereocenters. The number of fused-ring (bicyclic) bond motifs is 13. The van der Waals surface area contributed by atoms with Crippen molar-refractivity contribution >= 4 is 107 Å². The highest BCUT2D eigenvalue weighted by molar-refractivity contribution is 7.26. The lowest BCUT2D eigenvalue weighted by atomic mass is 10.0. The Balaban J connectivity index is 1.20. The van der Waals surface area contributed by atoms with Gasteiger partial charge in [0.25, 0.3) is 0 Å². The van der Waals surface area contributed by atoms with E-state index < -0.39 is 0 Å². The number of hydrogen-bond acceptors (Lipinski definition) is 4. The van der Waals surface area contributed by atoms with Crippen molar-refractivity contribution in [1.82, 2.24) is 19.1 Å². The topological polar surface area (TPSA) is 35.6 Å². The maximum Gasteiger partial charge on any atom is 0.236 e. The summed E-state index contributed by atoms with van der Waals surface area (Å²) in [4.78, 5) is 12.0. The molecule has 242 valence electrons. The minimum atomic E-state index is 0.692. The number of thiophene rings is 2. The van der Waals surface area contributed by atoms with Crippen molar-refractivity contribution in [2.24, 2.45) is 0 Å². The van der Waals surface area contributed by atoms with Crippen LogP contribution < -0.4 is 0 Å². The molecule has 0 aliphatic carbocycles. The van der Waals surface area contributed by atoms with Gasteiger partial charge >= 0.3 is 0 Å². The molecule has 0 radical (unpaired) electrons. The van der Waals surface area contributed by atoms with Crippen molar-refractivity contribution in [3.8, 4) is 22.9 Å². The van der Waals surface area contributed by atoms with E-state index in [4.69, 9.17) is 9.97 Å². The Morgan fingerprint density at radius 1 is 0.423 bits per heavy atom. The Bertz CT molecular complexity index is 3420. The second-order valence-corrected chi connectivity index (χ2v) is 15.4. The molecule has 4 nitrogen and oxygen atoms in total. The van der Waals surface area contributed by atoms with E-state index in [1.165, 1.54) is 62.8 Å². The summed E-state index contributed by atoms with van der Waals surface area (Å²) >= 11 is 3.59. The molecular weight excluding hydrogens is 673 g/mol. The van der Waals surface area contributed by atoms with E-state index in [2.05, 4.69) is 167 Å². The number of benzene rings is 7. The van der Waals surface area contributed by atoms with Crippen LogP contribution in [0.25, 0.3) is 107 Å². The lowest BCUT2D eigenvalue weighted by Crippen LogP contribution is -2.02. The van der Waals surface area contributed by atoms with Gasteiger partial charge < -0.3 is 4.57 Å². The summed E-state index contributed by atoms with van der Waals surface area (Å²) in [6.07, 6.45) is 0. The first-order chi connectivity index (χ1) is 25.8. The van der Waals surface area contributed by atoms with Crippen LogP contribution in [0, 0.1) is 0 Å². The molecule has 12 aromatic rings. The van der Waals surface area contributed by atoms with Crippen molar-refractivity contribution in [1.29, 1.82) is 0 Å². The highest BCUT2D eigenvalue weighted by atomic mass is 32.1. The fourth-order valence-corrected chi connectivity index (χ4v) is 10.6. The fourth-order valence-electron chi connectivity index (χ4n) is 8.33. The van der Waals surface area contributed by atoms with Crippen LogP contribution in [0.1, 0.15) is 0 Å². The van der Waals surface area contributed by atoms with Crippen LogP contribution in [0.4, 0.5) is 0 Å². The Morgan fingerprint density at radius 2 is 1.04 bits per heavy atom. The van der Waals surface area contributed by atoms with Crippen LogP contribution in [0.2, 0.25) is 0 Å². The van der Waals surface area contributed by atoms with Crippen molar-refractivity contribution in [3.63, 3.8) is 0 Å². The van der Waals surface area contributed by atoms with Gasteiger partial charge in [-0.1, -0.05) is 109 Å². The van der Waals surface area contributed by atoms with Crippen molar-refractivity contribution in [2.75, 3.05) is 0 Å².